The molecule has 14 heteroatoms. The first-order valence-corrected chi connectivity index (χ1v) is 21.1. The van der Waals surface area contributed by atoms with Crippen LogP contribution in [0.15, 0.2) is 0 Å². The van der Waals surface area contributed by atoms with E-state index >= 15 is 0 Å². The van der Waals surface area contributed by atoms with Crippen molar-refractivity contribution in [1.82, 2.24) is 0 Å². The van der Waals surface area contributed by atoms with E-state index in [-0.39, 0.29) is 75.4 Å². The molecule has 0 radical (unpaired) electrons. The molecule has 2 fully saturated rings. The van der Waals surface area contributed by atoms with Crippen LogP contribution in [0.4, 0.5) is 0 Å². The van der Waals surface area contributed by atoms with Gasteiger partial charge in [-0.25, -0.2) is 0 Å². The van der Waals surface area contributed by atoms with Crippen LogP contribution in [-0.2, 0) is 28.4 Å². The molecular weight excluding hydrogens is 684 g/mol. The molecule has 2 heterocycles. The summed E-state index contributed by atoms with van der Waals surface area (Å²) in [6.45, 7) is 35.5. The van der Waals surface area contributed by atoms with Crippen molar-refractivity contribution in [2.24, 2.45) is 0 Å². The van der Waals surface area contributed by atoms with Crippen LogP contribution in [0.1, 0.15) is 147 Å². The number of rotatable bonds is 28. The van der Waals surface area contributed by atoms with E-state index < -0.39 is 0 Å². The van der Waals surface area contributed by atoms with Gasteiger partial charge in [-0.2, -0.15) is 0 Å². The van der Waals surface area contributed by atoms with Crippen LogP contribution >= 0.6 is 0 Å². The Kier molecular flexibility index (Phi) is 66.1. The Morgan fingerprint density at radius 3 is 0.679 bits per heavy atom. The van der Waals surface area contributed by atoms with E-state index in [9.17, 15) is 0 Å². The molecule has 10 nitrogen and oxygen atoms in total. The van der Waals surface area contributed by atoms with Crippen molar-refractivity contribution in [3.8, 4) is 0 Å². The molecule has 0 unspecified atom stereocenters. The van der Waals surface area contributed by atoms with Crippen LogP contribution in [0.25, 0.3) is 21.3 Å². The largest absolute Gasteiger partial charge is 1.00 e. The number of hydrogen-bond donors (Lipinski definition) is 0. The van der Waals surface area contributed by atoms with E-state index in [0.29, 0.717) is 48.3 Å². The van der Waals surface area contributed by atoms with E-state index in [2.05, 4.69) is 104 Å². The van der Waals surface area contributed by atoms with Crippen LogP contribution in [0.3, 0.4) is 0 Å². The Hall–Kier alpha value is 1.99. The van der Waals surface area contributed by atoms with E-state index in [0.717, 1.165) is 118 Å². The van der Waals surface area contributed by atoms with Crippen LogP contribution in [0.2, 0.25) is 0 Å². The molecule has 0 amide bonds. The minimum absolute atomic E-state index is 0. The van der Waals surface area contributed by atoms with Crippen molar-refractivity contribution in [2.45, 2.75) is 196 Å². The fourth-order valence-electron chi connectivity index (χ4n) is 5.41. The molecule has 4 atom stereocenters. The predicted octanol–water partition coefficient (Wildman–Crippen LogP) is -1.33. The summed E-state index contributed by atoms with van der Waals surface area (Å²) in [6.07, 6.45) is 11.8. The van der Waals surface area contributed by atoms with Crippen LogP contribution < -0.4 is 75.4 Å². The molecule has 2 saturated heterocycles. The minimum Gasteiger partial charge on any atom is -0.656 e. The number of hydrogen-bond acceptors (Lipinski definition) is 6. The zero-order valence-corrected chi connectivity index (χ0v) is 40.4. The second kappa shape index (κ2) is 53.1. The van der Waals surface area contributed by atoms with Gasteiger partial charge in [0.1, 0.15) is 0 Å². The number of nitrogens with zero attached hydrogens (tertiary/aromatic N) is 4. The molecule has 0 saturated carbocycles. The summed E-state index contributed by atoms with van der Waals surface area (Å²) in [5, 5.41) is 18.1. The van der Waals surface area contributed by atoms with Gasteiger partial charge in [0.2, 0.25) is 0 Å². The van der Waals surface area contributed by atoms with Crippen LogP contribution in [0.5, 0.6) is 0 Å². The average molecular weight is 773 g/mol. The maximum absolute atomic E-state index is 5.64. The first kappa shape index (κ1) is 69.7. The molecule has 0 aromatic heterocycles. The van der Waals surface area contributed by atoms with Crippen LogP contribution in [-0.4, -0.2) is 128 Å². The maximum atomic E-state index is 5.64. The fourth-order valence-corrected chi connectivity index (χ4v) is 5.41. The maximum Gasteiger partial charge on any atom is 1.00 e. The zero-order chi connectivity index (χ0) is 39.2. The smallest absolute Gasteiger partial charge is 0.656 e. The Balaban J connectivity index is -0.000000167. The van der Waals surface area contributed by atoms with Gasteiger partial charge in [0.05, 0.1) is 0 Å². The predicted molar refractivity (Wildman–Crippen MR) is 223 cm³/mol. The van der Waals surface area contributed by atoms with E-state index in [4.69, 9.17) is 28.4 Å². The molecule has 2 aliphatic heterocycles. The minimum atomic E-state index is 0. The molecule has 0 N–H and O–H groups in total. The van der Waals surface area contributed by atoms with Gasteiger partial charge in [0.15, 0.2) is 0 Å². The summed E-state index contributed by atoms with van der Waals surface area (Å²) >= 11 is 0. The third-order valence-electron chi connectivity index (χ3n) is 7.46. The quantitative estimate of drug-likeness (QED) is 0.0721. The number of unbranched alkanes of at least 4 members (excludes halogenated alkanes) is 4. The Labute approximate surface area is 397 Å². The van der Waals surface area contributed by atoms with Gasteiger partial charge in [-0.1, -0.05) is 83.1 Å². The number of ether oxygens (including phenoxy) is 6. The molecule has 0 aromatic carbocycles. The normalized spacial score (nSPS) is 15.4. The molecule has 316 valence electrons. The first-order valence-electron chi connectivity index (χ1n) is 21.1. The topological polar surface area (TPSA) is 112 Å². The van der Waals surface area contributed by atoms with Gasteiger partial charge in [-0.15, -0.1) is 48.3 Å². The summed E-state index contributed by atoms with van der Waals surface area (Å²) in [4.78, 5) is 0. The van der Waals surface area contributed by atoms with E-state index in [1.54, 1.807) is 0 Å². The van der Waals surface area contributed by atoms with Crippen molar-refractivity contribution in [2.75, 3.05) is 79.3 Å². The average Bonchev–Trinajstić information content (AvgIpc) is 3.83. The van der Waals surface area contributed by atoms with Gasteiger partial charge in [-0.05, 0) is 64.2 Å². The third kappa shape index (κ3) is 62.6. The standard InChI is InChI=1S/2C17H36N2O2.2C4H8O.4Li/c2*1-14(2)18-16(5)12-20-10-8-7-9-11-21-13-17(6)19-15(3)4;2*1-2-4-5-3-1;;;;/h2*14-17H,7-13H2,1-6H3;2*1-4H2;;;;/q2*-2;;;4*+1/t2*16-,17-;;;;;;/m00....../s1. The molecular formula is C42H88Li4N4O6. The van der Waals surface area contributed by atoms with Crippen molar-refractivity contribution in [3.63, 3.8) is 0 Å². The molecule has 0 spiro atoms. The summed E-state index contributed by atoms with van der Waals surface area (Å²) in [6, 6.07) is 2.80. The molecule has 0 aromatic rings. The molecule has 0 bridgehead atoms. The van der Waals surface area contributed by atoms with Gasteiger partial charge in [-0.3, -0.25) is 0 Å². The third-order valence-corrected chi connectivity index (χ3v) is 7.46. The first-order chi connectivity index (χ1) is 24.8. The van der Waals surface area contributed by atoms with Crippen molar-refractivity contribution in [1.29, 1.82) is 0 Å². The van der Waals surface area contributed by atoms with E-state index in [1.807, 2.05) is 0 Å². The van der Waals surface area contributed by atoms with Gasteiger partial charge >= 0.3 is 75.4 Å². The molecule has 2 rings (SSSR count). The second-order valence-corrected chi connectivity index (χ2v) is 15.4. The summed E-state index contributed by atoms with van der Waals surface area (Å²) in [7, 11) is 0. The van der Waals surface area contributed by atoms with Crippen molar-refractivity contribution < 1.29 is 104 Å². The van der Waals surface area contributed by atoms with Crippen LogP contribution in [0, 0.1) is 0 Å². The van der Waals surface area contributed by atoms with Crippen molar-refractivity contribution in [3.05, 3.63) is 21.3 Å². The summed E-state index contributed by atoms with van der Waals surface area (Å²) < 4.78 is 32.4. The second-order valence-electron chi connectivity index (χ2n) is 15.4. The molecule has 56 heavy (non-hydrogen) atoms. The van der Waals surface area contributed by atoms with E-state index in [1.165, 1.54) is 25.7 Å². The summed E-state index contributed by atoms with van der Waals surface area (Å²) in [5.41, 5.74) is 0. The Morgan fingerprint density at radius 2 is 0.536 bits per heavy atom. The van der Waals surface area contributed by atoms with Gasteiger partial charge in [0.25, 0.3) is 0 Å². The molecule has 0 aliphatic carbocycles. The molecule has 2 aliphatic rings. The van der Waals surface area contributed by atoms with Gasteiger partial charge in [0, 0.05) is 79.3 Å². The summed E-state index contributed by atoms with van der Waals surface area (Å²) in [5.74, 6) is 0. The fraction of sp³-hybridized carbons (Fsp3) is 1.00. The Morgan fingerprint density at radius 1 is 0.339 bits per heavy atom. The Bertz CT molecular complexity index is 586. The van der Waals surface area contributed by atoms with Crippen molar-refractivity contribution >= 4 is 0 Å². The zero-order valence-electron chi connectivity index (χ0n) is 40.4. The monoisotopic (exact) mass is 773 g/mol. The van der Waals surface area contributed by atoms with Gasteiger partial charge < -0.3 is 49.7 Å². The SMILES string of the molecule is C1CCOC1.C1CCOC1.CC(C)[N-][C@@H](C)COCCCCCOC[C@H](C)[N-]C(C)C.CC(C)[N-][C@@H](C)COCCCCCOC[C@H](C)[N-]C(C)C.[Li+].[Li+].[Li+].[Li+].